The molecule has 0 heterocycles. The fraction of sp³-hybridized carbons (Fsp3) is 1.00. The molecule has 0 saturated carbocycles. The predicted molar refractivity (Wildman–Crippen MR) is 30.8 cm³/mol. The highest BCUT2D eigenvalue weighted by Gasteiger charge is 2.53. The molecular formula is C4H3BrF6O. The smallest absolute Gasteiger partial charge is 0.382 e. The molecule has 0 aromatic heterocycles. The lowest BCUT2D eigenvalue weighted by Gasteiger charge is -2.21. The Morgan fingerprint density at radius 3 is 1.33 bits per heavy atom. The van der Waals surface area contributed by atoms with Crippen LogP contribution in [0.5, 0.6) is 0 Å². The lowest BCUT2D eigenvalue weighted by atomic mass is 10.2. The lowest BCUT2D eigenvalue weighted by Crippen LogP contribution is -2.44. The number of halogens is 7. The number of alkyl halides is 7. The quantitative estimate of drug-likeness (QED) is 0.566. The Bertz CT molecular complexity index is 133. The van der Waals surface area contributed by atoms with E-state index < -0.39 is 23.3 Å². The van der Waals surface area contributed by atoms with E-state index in [2.05, 4.69) is 0 Å². The van der Waals surface area contributed by atoms with E-state index in [9.17, 15) is 26.3 Å². The molecule has 12 heavy (non-hydrogen) atoms. The summed E-state index contributed by atoms with van der Waals surface area (Å²) in [5, 5.41) is 8.10. The number of aliphatic hydroxyl groups excluding tert-OH is 1. The first-order valence-electron chi connectivity index (χ1n) is 2.52. The molecule has 8 heteroatoms. The van der Waals surface area contributed by atoms with Crippen LogP contribution in [0.4, 0.5) is 26.3 Å². The summed E-state index contributed by atoms with van der Waals surface area (Å²) in [6.45, 7) is 0. The summed E-state index contributed by atoms with van der Waals surface area (Å²) in [5.74, 6) is 0. The third kappa shape index (κ3) is 3.18. The van der Waals surface area contributed by atoms with Crippen LogP contribution in [0.3, 0.4) is 0 Å². The number of aliphatic hydroxyl groups is 1. The molecule has 0 aromatic rings. The lowest BCUT2D eigenvalue weighted by molar-refractivity contribution is -0.236. The van der Waals surface area contributed by atoms with E-state index in [-0.39, 0.29) is 0 Å². The highest BCUT2D eigenvalue weighted by Crippen LogP contribution is 2.35. The minimum absolute atomic E-state index is 1.70. The fourth-order valence-electron chi connectivity index (χ4n) is 0.345. The van der Waals surface area contributed by atoms with Gasteiger partial charge in [0.25, 0.3) is 0 Å². The Hall–Kier alpha value is 0.0200. The van der Waals surface area contributed by atoms with Gasteiger partial charge in [-0.3, -0.25) is 0 Å². The zero-order valence-corrected chi connectivity index (χ0v) is 6.83. The van der Waals surface area contributed by atoms with Crippen molar-refractivity contribution in [1.29, 1.82) is 0 Å². The first kappa shape index (κ1) is 12.0. The summed E-state index contributed by atoms with van der Waals surface area (Å²) in [6.07, 6.45) is -13.8. The molecule has 1 N–H and O–H groups in total. The monoisotopic (exact) mass is 260 g/mol. The summed E-state index contributed by atoms with van der Waals surface area (Å²) in [6, 6.07) is 0. The number of hydrogen-bond donors (Lipinski definition) is 1. The van der Waals surface area contributed by atoms with Crippen LogP contribution in [-0.2, 0) is 0 Å². The maximum absolute atomic E-state index is 11.5. The van der Waals surface area contributed by atoms with Gasteiger partial charge in [-0.15, -0.1) is 0 Å². The average molecular weight is 261 g/mol. The Balaban J connectivity index is 4.41. The van der Waals surface area contributed by atoms with Crippen molar-refractivity contribution in [2.45, 2.75) is 23.3 Å². The third-order valence-corrected chi connectivity index (χ3v) is 1.95. The molecule has 0 spiro atoms. The summed E-state index contributed by atoms with van der Waals surface area (Å²) in [4.78, 5) is -2.98. The first-order valence-corrected chi connectivity index (χ1v) is 3.44. The summed E-state index contributed by atoms with van der Waals surface area (Å²) in [7, 11) is 0. The minimum Gasteiger partial charge on any atom is -0.382 e. The fourth-order valence-corrected chi connectivity index (χ4v) is 0.645. The van der Waals surface area contributed by atoms with Crippen LogP contribution >= 0.6 is 15.9 Å². The van der Waals surface area contributed by atoms with Crippen LogP contribution in [0.25, 0.3) is 0 Å². The van der Waals surface area contributed by atoms with Crippen molar-refractivity contribution in [1.82, 2.24) is 0 Å². The van der Waals surface area contributed by atoms with Gasteiger partial charge in [0.2, 0.25) is 0 Å². The molecule has 0 aromatic carbocycles. The largest absolute Gasteiger partial charge is 0.415 e. The second kappa shape index (κ2) is 3.41. The van der Waals surface area contributed by atoms with E-state index >= 15 is 0 Å². The number of hydrogen-bond acceptors (Lipinski definition) is 1. The number of rotatable bonds is 1. The molecule has 74 valence electrons. The summed E-state index contributed by atoms with van der Waals surface area (Å²) >= 11 is 1.70. The summed E-state index contributed by atoms with van der Waals surface area (Å²) in [5.41, 5.74) is 0. The van der Waals surface area contributed by atoms with Gasteiger partial charge < -0.3 is 5.11 Å². The van der Waals surface area contributed by atoms with Crippen LogP contribution in [0.2, 0.25) is 0 Å². The van der Waals surface area contributed by atoms with Gasteiger partial charge in [-0.25, -0.2) is 0 Å². The van der Waals surface area contributed by atoms with E-state index in [4.69, 9.17) is 5.11 Å². The van der Waals surface area contributed by atoms with Gasteiger partial charge in [-0.1, -0.05) is 15.9 Å². The SMILES string of the molecule is OC(C(Br)C(F)(F)F)C(F)(F)F. The minimum atomic E-state index is -5.27. The third-order valence-electron chi connectivity index (χ3n) is 0.925. The molecule has 0 rings (SSSR count). The second-order valence-electron chi connectivity index (χ2n) is 1.93. The van der Waals surface area contributed by atoms with Gasteiger partial charge >= 0.3 is 12.4 Å². The normalized spacial score (nSPS) is 19.0. The highest BCUT2D eigenvalue weighted by molar-refractivity contribution is 9.09. The maximum Gasteiger partial charge on any atom is 0.415 e. The molecule has 0 bridgehead atoms. The summed E-state index contributed by atoms with van der Waals surface area (Å²) < 4.78 is 68.9. The topological polar surface area (TPSA) is 20.2 Å². The van der Waals surface area contributed by atoms with Crippen LogP contribution < -0.4 is 0 Å². The Morgan fingerprint density at radius 1 is 0.917 bits per heavy atom. The maximum atomic E-state index is 11.5. The van der Waals surface area contributed by atoms with E-state index in [1.165, 1.54) is 0 Å². The average Bonchev–Trinajstić information content (AvgIpc) is 1.80. The van der Waals surface area contributed by atoms with Crippen LogP contribution in [-0.4, -0.2) is 28.4 Å². The molecule has 1 nitrogen and oxygen atoms in total. The van der Waals surface area contributed by atoms with Gasteiger partial charge in [0.1, 0.15) is 4.83 Å². The molecule has 0 fully saturated rings. The molecule has 0 radical (unpaired) electrons. The molecule has 2 atom stereocenters. The zero-order valence-electron chi connectivity index (χ0n) is 5.25. The molecule has 0 amide bonds. The van der Waals surface area contributed by atoms with Gasteiger partial charge in [0, 0.05) is 0 Å². The van der Waals surface area contributed by atoms with Gasteiger partial charge in [0.15, 0.2) is 6.10 Å². The van der Waals surface area contributed by atoms with Crippen LogP contribution in [0, 0.1) is 0 Å². The predicted octanol–water partition coefficient (Wildman–Crippen LogP) is 2.24. The van der Waals surface area contributed by atoms with Crippen molar-refractivity contribution in [3.63, 3.8) is 0 Å². The van der Waals surface area contributed by atoms with Crippen LogP contribution in [0.15, 0.2) is 0 Å². The first-order chi connectivity index (χ1) is 5.07. The van der Waals surface area contributed by atoms with Crippen LogP contribution in [0.1, 0.15) is 0 Å². The highest BCUT2D eigenvalue weighted by atomic mass is 79.9. The van der Waals surface area contributed by atoms with Crippen molar-refractivity contribution in [2.75, 3.05) is 0 Å². The van der Waals surface area contributed by atoms with Crippen molar-refractivity contribution in [3.8, 4) is 0 Å². The van der Waals surface area contributed by atoms with E-state index in [0.29, 0.717) is 0 Å². The Morgan fingerprint density at radius 2 is 1.25 bits per heavy atom. The van der Waals surface area contributed by atoms with Gasteiger partial charge in [-0.2, -0.15) is 26.3 Å². The van der Waals surface area contributed by atoms with Gasteiger partial charge in [-0.05, 0) is 0 Å². The van der Waals surface area contributed by atoms with Gasteiger partial charge in [0.05, 0.1) is 0 Å². The van der Waals surface area contributed by atoms with E-state index in [0.717, 1.165) is 0 Å². The molecule has 2 unspecified atom stereocenters. The standard InChI is InChI=1S/C4H3BrF6O/c5-1(3(6,7)8)2(12)4(9,10)11/h1-2,12H. The molecule has 0 aliphatic heterocycles. The van der Waals surface area contributed by atoms with Crippen molar-refractivity contribution < 1.29 is 31.4 Å². The van der Waals surface area contributed by atoms with Crippen molar-refractivity contribution >= 4 is 15.9 Å². The van der Waals surface area contributed by atoms with E-state index in [1.807, 2.05) is 0 Å². The van der Waals surface area contributed by atoms with Crippen molar-refractivity contribution in [2.24, 2.45) is 0 Å². The Kier molecular flexibility index (Phi) is 3.41. The second-order valence-corrected chi connectivity index (χ2v) is 2.92. The van der Waals surface area contributed by atoms with E-state index in [1.54, 1.807) is 15.9 Å². The zero-order chi connectivity index (χ0) is 10.2. The van der Waals surface area contributed by atoms with Crippen molar-refractivity contribution in [3.05, 3.63) is 0 Å². The molecule has 0 aliphatic rings. The Labute approximate surface area is 71.5 Å². The molecule has 0 aliphatic carbocycles. The molecular weight excluding hydrogens is 258 g/mol. The molecule has 0 saturated heterocycles.